The number of carbonyl (C=O) groups excluding carboxylic acids is 2. The van der Waals surface area contributed by atoms with E-state index in [0.29, 0.717) is 28.3 Å². The van der Waals surface area contributed by atoms with Crippen molar-refractivity contribution in [1.82, 2.24) is 0 Å². The van der Waals surface area contributed by atoms with E-state index in [1.165, 1.54) is 0 Å². The lowest BCUT2D eigenvalue weighted by Crippen LogP contribution is -2.46. The van der Waals surface area contributed by atoms with Crippen molar-refractivity contribution >= 4 is 23.2 Å². The number of amides is 2. The maximum atomic E-state index is 14.1. The van der Waals surface area contributed by atoms with Gasteiger partial charge in [-0.1, -0.05) is 36.4 Å². The number of carbonyl (C=O) groups is 2. The molecule has 0 fully saturated rings. The van der Waals surface area contributed by atoms with Crippen molar-refractivity contribution in [2.24, 2.45) is 0 Å². The summed E-state index contributed by atoms with van der Waals surface area (Å²) in [4.78, 5) is 29.9. The lowest BCUT2D eigenvalue weighted by Gasteiger charge is -2.42. The Morgan fingerprint density at radius 3 is 1.97 bits per heavy atom. The molecule has 0 saturated carbocycles. The third-order valence-corrected chi connectivity index (χ3v) is 6.92. The molecule has 6 heteroatoms. The Morgan fingerprint density at radius 1 is 0.789 bits per heavy atom. The summed E-state index contributed by atoms with van der Waals surface area (Å²) in [5, 5.41) is 3.14. The van der Waals surface area contributed by atoms with E-state index in [0.717, 1.165) is 22.4 Å². The molecule has 4 aromatic rings. The minimum absolute atomic E-state index is 0.165. The standard InChI is InChI=1S/C32H30N2O4/c1-20-17-21(2)19-23(18-20)33-31(35)29-27-7-5-6-8-28(27)32(36)34(24-11-15-26(38-4)16-12-24)30(29)22-9-13-25(37-3)14-10-22/h5-19,29-30H,1-4H3,(H,33,35). The first-order chi connectivity index (χ1) is 18.4. The van der Waals surface area contributed by atoms with E-state index in [1.54, 1.807) is 25.2 Å². The fraction of sp³-hybridized carbons (Fsp3) is 0.188. The van der Waals surface area contributed by atoms with Crippen molar-refractivity contribution in [3.05, 3.63) is 119 Å². The van der Waals surface area contributed by atoms with Crippen LogP contribution in [-0.2, 0) is 4.79 Å². The Bertz CT molecular complexity index is 1460. The van der Waals surface area contributed by atoms with Gasteiger partial charge in [-0.2, -0.15) is 0 Å². The molecular weight excluding hydrogens is 476 g/mol. The van der Waals surface area contributed by atoms with E-state index in [9.17, 15) is 9.59 Å². The Kier molecular flexibility index (Phi) is 6.88. The van der Waals surface area contributed by atoms with Gasteiger partial charge in [0, 0.05) is 16.9 Å². The number of fused-ring (bicyclic) bond motifs is 1. The average molecular weight is 507 g/mol. The predicted molar refractivity (Wildman–Crippen MR) is 149 cm³/mol. The van der Waals surface area contributed by atoms with Gasteiger partial charge in [0.1, 0.15) is 11.5 Å². The number of benzene rings is 4. The molecule has 2 amide bonds. The number of anilines is 2. The molecule has 6 nitrogen and oxygen atoms in total. The van der Waals surface area contributed by atoms with Gasteiger partial charge in [0.25, 0.3) is 5.91 Å². The number of hydrogen-bond donors (Lipinski definition) is 1. The minimum Gasteiger partial charge on any atom is -0.497 e. The molecule has 0 radical (unpaired) electrons. The molecule has 2 unspecified atom stereocenters. The van der Waals surface area contributed by atoms with E-state index in [4.69, 9.17) is 9.47 Å². The van der Waals surface area contributed by atoms with Crippen molar-refractivity contribution in [3.63, 3.8) is 0 Å². The van der Waals surface area contributed by atoms with Gasteiger partial charge in [0.15, 0.2) is 0 Å². The second kappa shape index (κ2) is 10.4. The van der Waals surface area contributed by atoms with Gasteiger partial charge in [-0.15, -0.1) is 0 Å². The molecule has 192 valence electrons. The van der Waals surface area contributed by atoms with E-state index in [1.807, 2.05) is 92.7 Å². The van der Waals surface area contributed by atoms with E-state index in [2.05, 4.69) is 11.4 Å². The van der Waals surface area contributed by atoms with Crippen LogP contribution in [-0.4, -0.2) is 26.0 Å². The molecule has 4 aromatic carbocycles. The number of ether oxygens (including phenoxy) is 2. The van der Waals surface area contributed by atoms with Crippen molar-refractivity contribution < 1.29 is 19.1 Å². The SMILES string of the molecule is COc1ccc(C2C(C(=O)Nc3cc(C)cc(C)c3)c3ccccc3C(=O)N2c2ccc(OC)cc2)cc1. The molecule has 1 aliphatic rings. The first-order valence-corrected chi connectivity index (χ1v) is 12.5. The van der Waals surface area contributed by atoms with Crippen molar-refractivity contribution in [2.75, 3.05) is 24.4 Å². The van der Waals surface area contributed by atoms with E-state index < -0.39 is 12.0 Å². The van der Waals surface area contributed by atoms with E-state index >= 15 is 0 Å². The van der Waals surface area contributed by atoms with Crippen LogP contribution in [0.2, 0.25) is 0 Å². The normalized spacial score (nSPS) is 16.5. The fourth-order valence-electron chi connectivity index (χ4n) is 5.25. The molecule has 0 spiro atoms. The van der Waals surface area contributed by atoms with Gasteiger partial charge in [-0.25, -0.2) is 0 Å². The summed E-state index contributed by atoms with van der Waals surface area (Å²) in [5.74, 6) is 0.365. The van der Waals surface area contributed by atoms with Crippen LogP contribution in [0, 0.1) is 13.8 Å². The highest BCUT2D eigenvalue weighted by Crippen LogP contribution is 2.46. The minimum atomic E-state index is -0.666. The molecule has 38 heavy (non-hydrogen) atoms. The lowest BCUT2D eigenvalue weighted by atomic mass is 9.78. The van der Waals surface area contributed by atoms with Crippen LogP contribution in [0.4, 0.5) is 11.4 Å². The molecule has 0 bridgehead atoms. The highest BCUT2D eigenvalue weighted by Gasteiger charge is 2.45. The first kappa shape index (κ1) is 25.1. The number of nitrogens with zero attached hydrogens (tertiary/aromatic N) is 1. The molecule has 2 atom stereocenters. The van der Waals surface area contributed by atoms with Gasteiger partial charge in [-0.3, -0.25) is 14.5 Å². The summed E-state index contributed by atoms with van der Waals surface area (Å²) >= 11 is 0. The monoisotopic (exact) mass is 506 g/mol. The van der Waals surface area contributed by atoms with Gasteiger partial charge >= 0.3 is 0 Å². The van der Waals surface area contributed by atoms with Gasteiger partial charge in [0.2, 0.25) is 5.91 Å². The van der Waals surface area contributed by atoms with E-state index in [-0.39, 0.29) is 11.8 Å². The molecule has 0 aliphatic carbocycles. The molecule has 1 aliphatic heterocycles. The maximum Gasteiger partial charge on any atom is 0.259 e. The zero-order chi connectivity index (χ0) is 26.8. The largest absolute Gasteiger partial charge is 0.497 e. The summed E-state index contributed by atoms with van der Waals surface area (Å²) in [6, 6.07) is 27.6. The maximum absolute atomic E-state index is 14.1. The van der Waals surface area contributed by atoms with Gasteiger partial charge in [-0.05, 0) is 90.7 Å². The van der Waals surface area contributed by atoms with Crippen LogP contribution in [0.25, 0.3) is 0 Å². The molecule has 1 N–H and O–H groups in total. The number of methoxy groups -OCH3 is 2. The van der Waals surface area contributed by atoms with Crippen LogP contribution in [0.1, 0.15) is 44.6 Å². The van der Waals surface area contributed by atoms with Crippen LogP contribution in [0.5, 0.6) is 11.5 Å². The average Bonchev–Trinajstić information content (AvgIpc) is 2.92. The highest BCUT2D eigenvalue weighted by atomic mass is 16.5. The van der Waals surface area contributed by atoms with Crippen LogP contribution >= 0.6 is 0 Å². The second-order valence-corrected chi connectivity index (χ2v) is 9.52. The third kappa shape index (κ3) is 4.73. The van der Waals surface area contributed by atoms with Gasteiger partial charge in [0.05, 0.1) is 26.2 Å². The molecule has 1 heterocycles. The smallest absolute Gasteiger partial charge is 0.259 e. The Balaban J connectivity index is 1.68. The zero-order valence-electron chi connectivity index (χ0n) is 21.9. The Morgan fingerprint density at radius 2 is 1.37 bits per heavy atom. The quantitative estimate of drug-likeness (QED) is 0.327. The number of rotatable bonds is 6. The zero-order valence-corrected chi connectivity index (χ0v) is 21.9. The first-order valence-electron chi connectivity index (χ1n) is 12.5. The van der Waals surface area contributed by atoms with Crippen molar-refractivity contribution in [2.45, 2.75) is 25.8 Å². The Hall–Kier alpha value is -4.58. The van der Waals surface area contributed by atoms with Crippen LogP contribution in [0.15, 0.2) is 91.0 Å². The summed E-state index contributed by atoms with van der Waals surface area (Å²) in [6.07, 6.45) is 0. The number of hydrogen-bond acceptors (Lipinski definition) is 4. The molecule has 0 saturated heterocycles. The summed E-state index contributed by atoms with van der Waals surface area (Å²) in [6.45, 7) is 4.01. The van der Waals surface area contributed by atoms with Crippen LogP contribution < -0.4 is 19.7 Å². The number of nitrogens with one attached hydrogen (secondary N) is 1. The Labute approximate surface area is 222 Å². The topological polar surface area (TPSA) is 67.9 Å². The fourth-order valence-corrected chi connectivity index (χ4v) is 5.25. The second-order valence-electron chi connectivity index (χ2n) is 9.52. The number of aryl methyl sites for hydroxylation is 2. The summed E-state index contributed by atoms with van der Waals surface area (Å²) in [5.41, 5.74) is 5.56. The highest BCUT2D eigenvalue weighted by molar-refractivity contribution is 6.12. The van der Waals surface area contributed by atoms with Crippen molar-refractivity contribution in [3.8, 4) is 11.5 Å². The van der Waals surface area contributed by atoms with Crippen molar-refractivity contribution in [1.29, 1.82) is 0 Å². The molecule has 5 rings (SSSR count). The third-order valence-electron chi connectivity index (χ3n) is 6.92. The predicted octanol–water partition coefficient (Wildman–Crippen LogP) is 6.44. The summed E-state index contributed by atoms with van der Waals surface area (Å²) < 4.78 is 10.7. The molecule has 0 aromatic heterocycles. The summed E-state index contributed by atoms with van der Waals surface area (Å²) in [7, 11) is 3.21. The van der Waals surface area contributed by atoms with Crippen LogP contribution in [0.3, 0.4) is 0 Å². The molecular formula is C32H30N2O4. The lowest BCUT2D eigenvalue weighted by molar-refractivity contribution is -0.118. The van der Waals surface area contributed by atoms with Gasteiger partial charge < -0.3 is 14.8 Å².